The zero-order chi connectivity index (χ0) is 17.3. The van der Waals surface area contributed by atoms with Crippen molar-refractivity contribution in [3.63, 3.8) is 0 Å². The molecule has 3 rings (SSSR count). The summed E-state index contributed by atoms with van der Waals surface area (Å²) in [7, 11) is -4.06. The third-order valence-electron chi connectivity index (χ3n) is 3.62. The van der Waals surface area contributed by atoms with Crippen LogP contribution in [0.15, 0.2) is 47.4 Å². The second kappa shape index (κ2) is 6.39. The highest BCUT2D eigenvalue weighted by Crippen LogP contribution is 2.29. The van der Waals surface area contributed by atoms with Gasteiger partial charge in [0.1, 0.15) is 11.9 Å². The second-order valence-corrected chi connectivity index (χ2v) is 7.44. The zero-order valence-electron chi connectivity index (χ0n) is 12.3. The monoisotopic (exact) mass is 368 g/mol. The van der Waals surface area contributed by atoms with E-state index in [9.17, 15) is 18.5 Å². The maximum atomic E-state index is 12.4. The van der Waals surface area contributed by atoms with E-state index in [1.54, 1.807) is 0 Å². The molecule has 0 spiro atoms. The number of benzene rings is 2. The number of fused-ring (bicyclic) bond motifs is 1. The van der Waals surface area contributed by atoms with E-state index in [2.05, 4.69) is 4.72 Å². The summed E-state index contributed by atoms with van der Waals surface area (Å²) in [5.74, 6) is 0.721. The first-order valence-corrected chi connectivity index (χ1v) is 8.91. The van der Waals surface area contributed by atoms with E-state index < -0.39 is 25.5 Å². The number of ether oxygens (including phenoxy) is 1. The van der Waals surface area contributed by atoms with Crippen LogP contribution in [0.2, 0.25) is 5.02 Å². The fourth-order valence-electron chi connectivity index (χ4n) is 2.51. The first-order chi connectivity index (χ1) is 11.4. The van der Waals surface area contributed by atoms with Crippen molar-refractivity contribution in [2.45, 2.75) is 17.4 Å². The Balaban J connectivity index is 1.75. The van der Waals surface area contributed by atoms with E-state index >= 15 is 0 Å². The smallest absolute Gasteiger partial charge is 0.290 e. The minimum absolute atomic E-state index is 0.0107. The maximum Gasteiger partial charge on any atom is 0.290 e. The Hall–Kier alpha value is -2.16. The van der Waals surface area contributed by atoms with Gasteiger partial charge in [0.05, 0.1) is 4.92 Å². The summed E-state index contributed by atoms with van der Waals surface area (Å²) in [5.41, 5.74) is 0.435. The van der Waals surface area contributed by atoms with Gasteiger partial charge in [-0.2, -0.15) is 0 Å². The normalized spacial score (nSPS) is 16.5. The highest BCUT2D eigenvalue weighted by Gasteiger charge is 2.29. The molecule has 2 aromatic carbocycles. The van der Waals surface area contributed by atoms with Gasteiger partial charge in [-0.25, -0.2) is 13.1 Å². The molecule has 0 unspecified atom stereocenters. The van der Waals surface area contributed by atoms with Gasteiger partial charge in [0.2, 0.25) is 10.0 Å². The number of rotatable bonds is 5. The van der Waals surface area contributed by atoms with Crippen molar-refractivity contribution in [3.8, 4) is 5.75 Å². The van der Waals surface area contributed by atoms with Crippen LogP contribution >= 0.6 is 11.6 Å². The van der Waals surface area contributed by atoms with Crippen LogP contribution in [0.5, 0.6) is 5.75 Å². The molecule has 9 heteroatoms. The number of nitro benzene ring substituents is 1. The Kier molecular flexibility index (Phi) is 4.44. The highest BCUT2D eigenvalue weighted by atomic mass is 35.5. The number of hydrogen-bond donors (Lipinski definition) is 1. The summed E-state index contributed by atoms with van der Waals surface area (Å²) >= 11 is 5.70. The van der Waals surface area contributed by atoms with Gasteiger partial charge in [-0.3, -0.25) is 10.1 Å². The Morgan fingerprint density at radius 3 is 2.75 bits per heavy atom. The van der Waals surface area contributed by atoms with Gasteiger partial charge in [0.15, 0.2) is 4.90 Å². The highest BCUT2D eigenvalue weighted by molar-refractivity contribution is 7.89. The number of nitrogens with one attached hydrogen (secondary N) is 1. The van der Waals surface area contributed by atoms with E-state index in [-0.39, 0.29) is 17.7 Å². The van der Waals surface area contributed by atoms with Crippen LogP contribution in [0.1, 0.15) is 5.56 Å². The molecule has 7 nitrogen and oxygen atoms in total. The Bertz CT molecular complexity index is 875. The van der Waals surface area contributed by atoms with Crippen molar-refractivity contribution < 1.29 is 18.1 Å². The fraction of sp³-hybridized carbons (Fsp3) is 0.200. The SMILES string of the molecule is O=[N+]([O-])c1cc(Cl)ccc1S(=O)(=O)NC[C@H]1Cc2ccccc2O1. The van der Waals surface area contributed by atoms with Gasteiger partial charge < -0.3 is 4.74 Å². The van der Waals surface area contributed by atoms with Crippen molar-refractivity contribution in [1.82, 2.24) is 4.72 Å². The Morgan fingerprint density at radius 2 is 2.04 bits per heavy atom. The van der Waals surface area contributed by atoms with Gasteiger partial charge in [-0.15, -0.1) is 0 Å². The average molecular weight is 369 g/mol. The van der Waals surface area contributed by atoms with Crippen LogP contribution in [-0.4, -0.2) is 26.0 Å². The van der Waals surface area contributed by atoms with E-state index in [1.165, 1.54) is 6.07 Å². The lowest BCUT2D eigenvalue weighted by atomic mass is 10.1. The van der Waals surface area contributed by atoms with E-state index in [0.29, 0.717) is 6.42 Å². The molecule has 0 radical (unpaired) electrons. The number of nitrogens with zero attached hydrogens (tertiary/aromatic N) is 1. The second-order valence-electron chi connectivity index (χ2n) is 5.27. The van der Waals surface area contributed by atoms with Crippen molar-refractivity contribution in [2.24, 2.45) is 0 Å². The Labute approximate surface area is 143 Å². The molecule has 1 heterocycles. The lowest BCUT2D eigenvalue weighted by Crippen LogP contribution is -2.34. The summed E-state index contributed by atoms with van der Waals surface area (Å²) in [6, 6.07) is 10.9. The van der Waals surface area contributed by atoms with Crippen LogP contribution in [0.3, 0.4) is 0 Å². The first kappa shape index (κ1) is 16.7. The molecule has 0 saturated heterocycles. The van der Waals surface area contributed by atoms with Crippen molar-refractivity contribution in [2.75, 3.05) is 6.54 Å². The van der Waals surface area contributed by atoms with Crippen molar-refractivity contribution >= 4 is 27.3 Å². The van der Waals surface area contributed by atoms with Crippen molar-refractivity contribution in [3.05, 3.63) is 63.2 Å². The molecule has 1 atom stereocenters. The van der Waals surface area contributed by atoms with Gasteiger partial charge in [0, 0.05) is 24.1 Å². The fourth-order valence-corrected chi connectivity index (χ4v) is 3.89. The van der Waals surface area contributed by atoms with Crippen LogP contribution in [0.25, 0.3) is 0 Å². The van der Waals surface area contributed by atoms with Gasteiger partial charge in [-0.05, 0) is 23.8 Å². The van der Waals surface area contributed by atoms with Crippen LogP contribution in [0.4, 0.5) is 5.69 Å². The van der Waals surface area contributed by atoms with Gasteiger partial charge in [0.25, 0.3) is 5.69 Å². The molecular weight excluding hydrogens is 356 g/mol. The quantitative estimate of drug-likeness (QED) is 0.645. The molecule has 0 amide bonds. The summed E-state index contributed by atoms with van der Waals surface area (Å²) < 4.78 is 32.8. The van der Waals surface area contributed by atoms with Crippen LogP contribution in [0, 0.1) is 10.1 Å². The summed E-state index contributed by atoms with van der Waals surface area (Å²) in [5, 5.41) is 11.2. The largest absolute Gasteiger partial charge is 0.488 e. The third-order valence-corrected chi connectivity index (χ3v) is 5.33. The summed E-state index contributed by atoms with van der Waals surface area (Å²) in [6.45, 7) is 0.0107. The van der Waals surface area contributed by atoms with Crippen LogP contribution in [-0.2, 0) is 16.4 Å². The molecule has 24 heavy (non-hydrogen) atoms. The molecular formula is C15H13ClN2O5S. The van der Waals surface area contributed by atoms with Gasteiger partial charge in [-0.1, -0.05) is 29.8 Å². The molecule has 0 fully saturated rings. The van der Waals surface area contributed by atoms with E-state index in [1.807, 2.05) is 24.3 Å². The van der Waals surface area contributed by atoms with E-state index in [0.717, 1.165) is 23.4 Å². The molecule has 126 valence electrons. The molecule has 0 aromatic heterocycles. The zero-order valence-corrected chi connectivity index (χ0v) is 13.9. The van der Waals surface area contributed by atoms with E-state index in [4.69, 9.17) is 16.3 Å². The van der Waals surface area contributed by atoms with Crippen molar-refractivity contribution in [1.29, 1.82) is 0 Å². The summed E-state index contributed by atoms with van der Waals surface area (Å²) in [4.78, 5) is 9.86. The summed E-state index contributed by atoms with van der Waals surface area (Å²) in [6.07, 6.45) is 0.213. The number of para-hydroxylation sites is 1. The molecule has 0 bridgehead atoms. The minimum Gasteiger partial charge on any atom is -0.488 e. The number of halogens is 1. The Morgan fingerprint density at radius 1 is 1.29 bits per heavy atom. The first-order valence-electron chi connectivity index (χ1n) is 7.05. The predicted octanol–water partition coefficient (Wildman–Crippen LogP) is 2.53. The molecule has 0 aliphatic carbocycles. The molecule has 1 N–H and O–H groups in total. The topological polar surface area (TPSA) is 98.5 Å². The minimum atomic E-state index is -4.06. The molecule has 0 saturated carbocycles. The third kappa shape index (κ3) is 3.35. The molecule has 1 aliphatic heterocycles. The van der Waals surface area contributed by atoms with Crippen LogP contribution < -0.4 is 9.46 Å². The number of hydrogen-bond acceptors (Lipinski definition) is 5. The maximum absolute atomic E-state index is 12.4. The lowest BCUT2D eigenvalue weighted by molar-refractivity contribution is -0.387. The standard InChI is InChI=1S/C15H13ClN2O5S/c16-11-5-6-15(13(8-11)18(19)20)24(21,22)17-9-12-7-10-3-1-2-4-14(10)23-12/h1-6,8,12,17H,7,9H2/t12-/m1/s1. The average Bonchev–Trinajstić information content (AvgIpc) is 2.95. The van der Waals surface area contributed by atoms with Gasteiger partial charge >= 0.3 is 0 Å². The number of nitro groups is 1. The number of sulfonamides is 1. The molecule has 2 aromatic rings. The lowest BCUT2D eigenvalue weighted by Gasteiger charge is -2.12. The predicted molar refractivity (Wildman–Crippen MR) is 87.9 cm³/mol. The molecule has 1 aliphatic rings.